The highest BCUT2D eigenvalue weighted by Crippen LogP contribution is 2.36. The number of nitro groups is 1. The Morgan fingerprint density at radius 3 is 2.89 bits per heavy atom. The molecule has 1 atom stereocenters. The van der Waals surface area contributed by atoms with E-state index in [9.17, 15) is 14.5 Å². The van der Waals surface area contributed by atoms with Crippen LogP contribution in [-0.4, -0.2) is 35.4 Å². The van der Waals surface area contributed by atoms with Crippen molar-refractivity contribution in [2.75, 3.05) is 24.6 Å². The fourth-order valence-corrected chi connectivity index (χ4v) is 2.25. The summed E-state index contributed by atoms with van der Waals surface area (Å²) >= 11 is 5.71. The summed E-state index contributed by atoms with van der Waals surface area (Å²) < 4.78 is 13.9. The standard InChI is InChI=1S/C11H12ClFN2O3/c12-8-1-2-9(10(5-8)15(17)18)14-4-3-11(13,6-14)7-16/h1-2,5,16H,3-4,6-7H2/t11-/m1/s1. The average Bonchev–Trinajstić information content (AvgIpc) is 2.72. The second kappa shape index (κ2) is 4.70. The van der Waals surface area contributed by atoms with Crippen molar-refractivity contribution in [3.8, 4) is 0 Å². The summed E-state index contributed by atoms with van der Waals surface area (Å²) in [7, 11) is 0. The first-order valence-electron chi connectivity index (χ1n) is 5.44. The minimum atomic E-state index is -1.69. The molecule has 0 amide bonds. The summed E-state index contributed by atoms with van der Waals surface area (Å²) in [5.74, 6) is 0. The molecule has 7 heteroatoms. The van der Waals surface area contributed by atoms with Crippen LogP contribution < -0.4 is 4.90 Å². The van der Waals surface area contributed by atoms with Crippen molar-refractivity contribution in [3.63, 3.8) is 0 Å². The van der Waals surface area contributed by atoms with E-state index in [1.54, 1.807) is 4.90 Å². The van der Waals surface area contributed by atoms with Crippen LogP contribution in [0.2, 0.25) is 5.02 Å². The number of rotatable bonds is 3. The summed E-state index contributed by atoms with van der Waals surface area (Å²) in [5, 5.41) is 20.2. The van der Waals surface area contributed by atoms with E-state index >= 15 is 0 Å². The molecule has 1 aromatic rings. The molecule has 1 N–H and O–H groups in total. The van der Waals surface area contributed by atoms with Gasteiger partial charge in [0.05, 0.1) is 18.1 Å². The van der Waals surface area contributed by atoms with Crippen molar-refractivity contribution in [3.05, 3.63) is 33.3 Å². The SMILES string of the molecule is O=[N+]([O-])c1cc(Cl)ccc1N1CC[C@](F)(CO)C1. The average molecular weight is 275 g/mol. The summed E-state index contributed by atoms with van der Waals surface area (Å²) in [4.78, 5) is 12.0. The fourth-order valence-electron chi connectivity index (χ4n) is 2.08. The molecule has 0 bridgehead atoms. The number of nitro benzene ring substituents is 1. The monoisotopic (exact) mass is 274 g/mol. The van der Waals surface area contributed by atoms with E-state index in [2.05, 4.69) is 0 Å². The lowest BCUT2D eigenvalue weighted by molar-refractivity contribution is -0.384. The number of nitrogens with zero attached hydrogens (tertiary/aromatic N) is 2. The van der Waals surface area contributed by atoms with Gasteiger partial charge in [0.15, 0.2) is 5.67 Å². The molecule has 1 heterocycles. The number of hydrogen-bond donors (Lipinski definition) is 1. The van der Waals surface area contributed by atoms with E-state index in [1.807, 2.05) is 0 Å². The molecule has 1 aromatic carbocycles. The van der Waals surface area contributed by atoms with Gasteiger partial charge in [-0.3, -0.25) is 10.1 Å². The molecule has 0 saturated carbocycles. The molecular formula is C11H12ClFN2O3. The van der Waals surface area contributed by atoms with Crippen molar-refractivity contribution in [2.24, 2.45) is 0 Å². The van der Waals surface area contributed by atoms with E-state index in [1.165, 1.54) is 18.2 Å². The van der Waals surface area contributed by atoms with Gasteiger partial charge in [-0.15, -0.1) is 0 Å². The van der Waals surface area contributed by atoms with Crippen molar-refractivity contribution in [1.82, 2.24) is 0 Å². The Morgan fingerprint density at radius 1 is 1.61 bits per heavy atom. The zero-order valence-electron chi connectivity index (χ0n) is 9.47. The first-order chi connectivity index (χ1) is 8.45. The van der Waals surface area contributed by atoms with E-state index in [0.29, 0.717) is 12.2 Å². The fraction of sp³-hybridized carbons (Fsp3) is 0.455. The molecule has 0 aromatic heterocycles. The molecule has 98 valence electrons. The molecule has 18 heavy (non-hydrogen) atoms. The van der Waals surface area contributed by atoms with Crippen LogP contribution in [0.25, 0.3) is 0 Å². The van der Waals surface area contributed by atoms with Gasteiger partial charge in [-0.1, -0.05) is 11.6 Å². The Balaban J connectivity index is 2.32. The summed E-state index contributed by atoms with van der Waals surface area (Å²) in [6, 6.07) is 4.28. The van der Waals surface area contributed by atoms with Crippen LogP contribution in [0, 0.1) is 10.1 Å². The maximum atomic E-state index is 13.9. The predicted octanol–water partition coefficient (Wildman–Crippen LogP) is 2.16. The first-order valence-corrected chi connectivity index (χ1v) is 5.82. The topological polar surface area (TPSA) is 66.6 Å². The van der Waals surface area contributed by atoms with Gasteiger partial charge in [-0.25, -0.2) is 4.39 Å². The largest absolute Gasteiger partial charge is 0.393 e. The van der Waals surface area contributed by atoms with Gasteiger partial charge in [0, 0.05) is 24.1 Å². The van der Waals surface area contributed by atoms with E-state index < -0.39 is 17.2 Å². The Morgan fingerprint density at radius 2 is 2.33 bits per heavy atom. The molecule has 0 radical (unpaired) electrons. The number of alkyl halides is 1. The quantitative estimate of drug-likeness (QED) is 0.677. The molecule has 1 aliphatic heterocycles. The van der Waals surface area contributed by atoms with E-state index in [4.69, 9.17) is 16.7 Å². The minimum absolute atomic E-state index is 0.0496. The minimum Gasteiger partial charge on any atom is -0.393 e. The van der Waals surface area contributed by atoms with Gasteiger partial charge in [0.2, 0.25) is 0 Å². The van der Waals surface area contributed by atoms with Crippen molar-refractivity contribution >= 4 is 23.0 Å². The molecule has 5 nitrogen and oxygen atoms in total. The van der Waals surface area contributed by atoms with Gasteiger partial charge < -0.3 is 10.0 Å². The lowest BCUT2D eigenvalue weighted by Gasteiger charge is -2.20. The molecule has 0 spiro atoms. The van der Waals surface area contributed by atoms with Crippen LogP contribution >= 0.6 is 11.6 Å². The molecule has 1 aliphatic rings. The second-order valence-corrected chi connectivity index (χ2v) is 4.81. The van der Waals surface area contributed by atoms with Crippen molar-refractivity contribution < 1.29 is 14.4 Å². The Hall–Kier alpha value is -1.40. The van der Waals surface area contributed by atoms with E-state index in [0.717, 1.165) is 0 Å². The van der Waals surface area contributed by atoms with Crippen molar-refractivity contribution in [2.45, 2.75) is 12.1 Å². The highest BCUT2D eigenvalue weighted by molar-refractivity contribution is 6.30. The van der Waals surface area contributed by atoms with Crippen LogP contribution in [0.4, 0.5) is 15.8 Å². The summed E-state index contributed by atoms with van der Waals surface area (Å²) in [6.45, 7) is -0.295. The van der Waals surface area contributed by atoms with Gasteiger partial charge in [0.1, 0.15) is 5.69 Å². The Bertz CT molecular complexity index is 485. The highest BCUT2D eigenvalue weighted by atomic mass is 35.5. The van der Waals surface area contributed by atoms with Gasteiger partial charge in [0.25, 0.3) is 5.69 Å². The maximum absolute atomic E-state index is 13.9. The summed E-state index contributed by atoms with van der Waals surface area (Å²) in [6.07, 6.45) is 0.156. The lowest BCUT2D eigenvalue weighted by atomic mass is 10.1. The molecule has 1 saturated heterocycles. The molecule has 0 aliphatic carbocycles. The predicted molar refractivity (Wildman–Crippen MR) is 65.9 cm³/mol. The summed E-state index contributed by atoms with van der Waals surface area (Å²) in [5.41, 5.74) is -1.50. The number of aliphatic hydroxyl groups excluding tert-OH is 1. The third-order valence-electron chi connectivity index (χ3n) is 3.06. The normalized spacial score (nSPS) is 23.4. The third-order valence-corrected chi connectivity index (χ3v) is 3.30. The first kappa shape index (κ1) is 13.0. The molecule has 1 fully saturated rings. The van der Waals surface area contributed by atoms with Crippen molar-refractivity contribution in [1.29, 1.82) is 0 Å². The smallest absolute Gasteiger partial charge is 0.294 e. The Kier molecular flexibility index (Phi) is 3.41. The van der Waals surface area contributed by atoms with Crippen LogP contribution in [0.15, 0.2) is 18.2 Å². The number of benzene rings is 1. The molecule has 2 rings (SSSR count). The van der Waals surface area contributed by atoms with Crippen LogP contribution in [0.3, 0.4) is 0 Å². The Labute approximate surface area is 108 Å². The number of hydrogen-bond acceptors (Lipinski definition) is 4. The zero-order chi connectivity index (χ0) is 13.3. The zero-order valence-corrected chi connectivity index (χ0v) is 10.2. The van der Waals surface area contributed by atoms with Gasteiger partial charge >= 0.3 is 0 Å². The molecular weight excluding hydrogens is 263 g/mol. The van der Waals surface area contributed by atoms with Gasteiger partial charge in [-0.2, -0.15) is 0 Å². The third kappa shape index (κ3) is 2.39. The maximum Gasteiger partial charge on any atom is 0.294 e. The number of anilines is 1. The van der Waals surface area contributed by atoms with Crippen LogP contribution in [-0.2, 0) is 0 Å². The molecule has 0 unspecified atom stereocenters. The van der Waals surface area contributed by atoms with E-state index in [-0.39, 0.29) is 23.7 Å². The van der Waals surface area contributed by atoms with Gasteiger partial charge in [-0.05, 0) is 12.1 Å². The number of halogens is 2. The second-order valence-electron chi connectivity index (χ2n) is 4.37. The van der Waals surface area contributed by atoms with Crippen LogP contribution in [0.5, 0.6) is 0 Å². The highest BCUT2D eigenvalue weighted by Gasteiger charge is 2.39. The lowest BCUT2D eigenvalue weighted by Crippen LogP contribution is -2.32. The van der Waals surface area contributed by atoms with Crippen LogP contribution in [0.1, 0.15) is 6.42 Å². The number of aliphatic hydroxyl groups is 1.